The van der Waals surface area contributed by atoms with Crippen LogP contribution >= 0.6 is 0 Å². The lowest BCUT2D eigenvalue weighted by molar-refractivity contribution is -0.119. The number of hydrogen-bond acceptors (Lipinski definition) is 3. The number of carbonyl (C=O) groups excluding carboxylic acids is 2. The van der Waals surface area contributed by atoms with Gasteiger partial charge in [0.15, 0.2) is 0 Å². The Hall–Kier alpha value is -2.04. The van der Waals surface area contributed by atoms with Crippen molar-refractivity contribution in [2.45, 2.75) is 6.42 Å². The van der Waals surface area contributed by atoms with Crippen LogP contribution in [0.2, 0.25) is 0 Å². The predicted molar refractivity (Wildman–Crippen MR) is 69.2 cm³/mol. The summed E-state index contributed by atoms with van der Waals surface area (Å²) in [6.45, 7) is 3.13. The Labute approximate surface area is 111 Å². The lowest BCUT2D eigenvalue weighted by Crippen LogP contribution is -2.48. The number of piperazine rings is 1. The quantitative estimate of drug-likeness (QED) is 0.729. The van der Waals surface area contributed by atoms with E-state index in [0.29, 0.717) is 38.3 Å². The molecule has 19 heavy (non-hydrogen) atoms. The van der Waals surface area contributed by atoms with Crippen molar-refractivity contribution >= 4 is 12.3 Å². The summed E-state index contributed by atoms with van der Waals surface area (Å²) in [7, 11) is 0. The van der Waals surface area contributed by atoms with Gasteiger partial charge in [0.05, 0.1) is 6.61 Å². The Morgan fingerprint density at radius 2 is 2.00 bits per heavy atom. The van der Waals surface area contributed by atoms with Crippen LogP contribution in [0.4, 0.5) is 0 Å². The van der Waals surface area contributed by atoms with Gasteiger partial charge in [-0.1, -0.05) is 0 Å². The van der Waals surface area contributed by atoms with Crippen LogP contribution in [-0.2, 0) is 11.2 Å². The average molecular weight is 260 g/mol. The zero-order chi connectivity index (χ0) is 13.2. The largest absolute Gasteiger partial charge is 0.493 e. The number of carbonyl (C=O) groups is 2. The van der Waals surface area contributed by atoms with E-state index < -0.39 is 0 Å². The van der Waals surface area contributed by atoms with Gasteiger partial charge in [0.25, 0.3) is 5.91 Å². The monoisotopic (exact) mass is 260 g/mol. The number of amides is 2. The molecular formula is C14H16N2O3. The zero-order valence-electron chi connectivity index (χ0n) is 10.7. The summed E-state index contributed by atoms with van der Waals surface area (Å²) in [5.74, 6) is 0.933. The second kappa shape index (κ2) is 4.91. The molecule has 2 amide bonds. The summed E-state index contributed by atoms with van der Waals surface area (Å²) in [6, 6.07) is 5.62. The van der Waals surface area contributed by atoms with E-state index >= 15 is 0 Å². The molecule has 2 heterocycles. The first-order valence-corrected chi connectivity index (χ1v) is 6.52. The van der Waals surface area contributed by atoms with E-state index in [2.05, 4.69) is 0 Å². The number of nitrogens with zero attached hydrogens (tertiary/aromatic N) is 2. The molecule has 0 atom stereocenters. The van der Waals surface area contributed by atoms with Crippen LogP contribution in [-0.4, -0.2) is 54.9 Å². The maximum Gasteiger partial charge on any atom is 0.253 e. The van der Waals surface area contributed by atoms with Crippen LogP contribution in [0.3, 0.4) is 0 Å². The third-order valence-electron chi connectivity index (χ3n) is 3.69. The van der Waals surface area contributed by atoms with Gasteiger partial charge < -0.3 is 14.5 Å². The van der Waals surface area contributed by atoms with Gasteiger partial charge in [-0.3, -0.25) is 9.59 Å². The Kier molecular flexibility index (Phi) is 3.11. The first kappa shape index (κ1) is 12.0. The molecule has 1 fully saturated rings. The number of fused-ring (bicyclic) bond motifs is 1. The summed E-state index contributed by atoms with van der Waals surface area (Å²) >= 11 is 0. The third-order valence-corrected chi connectivity index (χ3v) is 3.69. The van der Waals surface area contributed by atoms with Crippen LogP contribution in [0.25, 0.3) is 0 Å². The molecule has 2 aliphatic rings. The maximum atomic E-state index is 12.4. The van der Waals surface area contributed by atoms with E-state index in [4.69, 9.17) is 4.74 Å². The summed E-state index contributed by atoms with van der Waals surface area (Å²) < 4.78 is 5.44. The van der Waals surface area contributed by atoms with Gasteiger partial charge in [-0.25, -0.2) is 0 Å². The van der Waals surface area contributed by atoms with Gasteiger partial charge in [0.1, 0.15) is 5.75 Å². The molecule has 1 aromatic carbocycles. The average Bonchev–Trinajstić information content (AvgIpc) is 2.94. The van der Waals surface area contributed by atoms with E-state index in [0.717, 1.165) is 24.1 Å². The minimum Gasteiger partial charge on any atom is -0.493 e. The SMILES string of the molecule is O=CN1CCN(C(=O)c2ccc3c(c2)CCO3)CC1. The van der Waals surface area contributed by atoms with Crippen molar-refractivity contribution < 1.29 is 14.3 Å². The molecule has 0 saturated carbocycles. The van der Waals surface area contributed by atoms with E-state index in [-0.39, 0.29) is 5.91 Å². The second-order valence-electron chi connectivity index (χ2n) is 4.85. The molecule has 1 aromatic rings. The standard InChI is InChI=1S/C14H16N2O3/c17-10-15-4-6-16(7-5-15)14(18)12-1-2-13-11(9-12)3-8-19-13/h1-2,9-10H,3-8H2. The molecule has 0 N–H and O–H groups in total. The van der Waals surface area contributed by atoms with E-state index in [1.54, 1.807) is 9.80 Å². The summed E-state index contributed by atoms with van der Waals surface area (Å²) in [5.41, 5.74) is 1.82. The molecule has 0 aliphatic carbocycles. The van der Waals surface area contributed by atoms with Crippen molar-refractivity contribution in [3.8, 4) is 5.75 Å². The number of hydrogen-bond donors (Lipinski definition) is 0. The van der Waals surface area contributed by atoms with Crippen LogP contribution in [0.5, 0.6) is 5.75 Å². The fourth-order valence-corrected chi connectivity index (χ4v) is 2.53. The van der Waals surface area contributed by atoms with Crippen LogP contribution < -0.4 is 4.74 Å². The molecule has 1 saturated heterocycles. The predicted octanol–water partition coefficient (Wildman–Crippen LogP) is 0.536. The minimum absolute atomic E-state index is 0.0419. The first-order valence-electron chi connectivity index (χ1n) is 6.52. The van der Waals surface area contributed by atoms with Gasteiger partial charge >= 0.3 is 0 Å². The number of rotatable bonds is 2. The number of ether oxygens (including phenoxy) is 1. The summed E-state index contributed by atoms with van der Waals surface area (Å²) in [4.78, 5) is 26.5. The van der Waals surface area contributed by atoms with E-state index in [9.17, 15) is 9.59 Å². The molecular weight excluding hydrogens is 244 g/mol. The minimum atomic E-state index is 0.0419. The van der Waals surface area contributed by atoms with Crippen molar-refractivity contribution in [3.63, 3.8) is 0 Å². The number of benzene rings is 1. The van der Waals surface area contributed by atoms with Gasteiger partial charge in [0, 0.05) is 38.2 Å². The van der Waals surface area contributed by atoms with Crippen molar-refractivity contribution in [1.82, 2.24) is 9.80 Å². The Bertz CT molecular complexity index is 507. The fourth-order valence-electron chi connectivity index (χ4n) is 2.53. The smallest absolute Gasteiger partial charge is 0.253 e. The van der Waals surface area contributed by atoms with Crippen LogP contribution in [0.1, 0.15) is 15.9 Å². The highest BCUT2D eigenvalue weighted by atomic mass is 16.5. The molecule has 2 aliphatic heterocycles. The summed E-state index contributed by atoms with van der Waals surface area (Å²) in [6.07, 6.45) is 1.71. The molecule has 3 rings (SSSR count). The zero-order valence-corrected chi connectivity index (χ0v) is 10.7. The first-order chi connectivity index (χ1) is 9.28. The third kappa shape index (κ3) is 2.28. The molecule has 0 spiro atoms. The molecule has 0 radical (unpaired) electrons. The molecule has 0 aromatic heterocycles. The topological polar surface area (TPSA) is 49.9 Å². The van der Waals surface area contributed by atoms with Crippen LogP contribution in [0, 0.1) is 0 Å². The highest BCUT2D eigenvalue weighted by molar-refractivity contribution is 5.94. The lowest BCUT2D eigenvalue weighted by atomic mass is 10.1. The van der Waals surface area contributed by atoms with Crippen molar-refractivity contribution in [2.24, 2.45) is 0 Å². The van der Waals surface area contributed by atoms with Crippen molar-refractivity contribution in [1.29, 1.82) is 0 Å². The summed E-state index contributed by atoms with van der Waals surface area (Å²) in [5, 5.41) is 0. The Morgan fingerprint density at radius 1 is 1.21 bits per heavy atom. The van der Waals surface area contributed by atoms with Gasteiger partial charge in [-0.2, -0.15) is 0 Å². The molecule has 100 valence electrons. The molecule has 0 bridgehead atoms. The van der Waals surface area contributed by atoms with Crippen molar-refractivity contribution in [3.05, 3.63) is 29.3 Å². The maximum absolute atomic E-state index is 12.4. The van der Waals surface area contributed by atoms with E-state index in [1.807, 2.05) is 18.2 Å². The highest BCUT2D eigenvalue weighted by Crippen LogP contribution is 2.26. The highest BCUT2D eigenvalue weighted by Gasteiger charge is 2.22. The van der Waals surface area contributed by atoms with Gasteiger partial charge in [-0.05, 0) is 23.8 Å². The van der Waals surface area contributed by atoms with E-state index in [1.165, 1.54) is 0 Å². The van der Waals surface area contributed by atoms with Gasteiger partial charge in [-0.15, -0.1) is 0 Å². The van der Waals surface area contributed by atoms with Crippen molar-refractivity contribution in [2.75, 3.05) is 32.8 Å². The molecule has 5 nitrogen and oxygen atoms in total. The Balaban J connectivity index is 1.72. The fraction of sp³-hybridized carbons (Fsp3) is 0.429. The molecule has 0 unspecified atom stereocenters. The van der Waals surface area contributed by atoms with Gasteiger partial charge in [0.2, 0.25) is 6.41 Å². The van der Waals surface area contributed by atoms with Crippen LogP contribution in [0.15, 0.2) is 18.2 Å². The lowest BCUT2D eigenvalue weighted by Gasteiger charge is -2.32. The second-order valence-corrected chi connectivity index (χ2v) is 4.85. The Morgan fingerprint density at radius 3 is 2.74 bits per heavy atom. The molecule has 5 heteroatoms. The normalized spacial score (nSPS) is 17.9.